The van der Waals surface area contributed by atoms with E-state index < -0.39 is 0 Å². The van der Waals surface area contributed by atoms with Crippen molar-refractivity contribution >= 4 is 27.5 Å². The van der Waals surface area contributed by atoms with Crippen molar-refractivity contribution in [3.05, 3.63) is 63.9 Å². The fourth-order valence-corrected chi connectivity index (χ4v) is 2.90. The summed E-state index contributed by atoms with van der Waals surface area (Å²) in [6.07, 6.45) is 0. The van der Waals surface area contributed by atoms with Crippen LogP contribution in [-0.4, -0.2) is 7.11 Å². The maximum atomic E-state index is 13.4. The van der Waals surface area contributed by atoms with Crippen molar-refractivity contribution in [1.82, 2.24) is 0 Å². The van der Waals surface area contributed by atoms with Crippen LogP contribution in [0.15, 0.2) is 36.4 Å². The molecule has 0 aliphatic rings. The summed E-state index contributed by atoms with van der Waals surface area (Å²) in [5, 5.41) is 0.417. The van der Waals surface area contributed by atoms with Gasteiger partial charge in [-0.3, -0.25) is 0 Å². The molecule has 0 aliphatic heterocycles. The lowest BCUT2D eigenvalue weighted by Gasteiger charge is -2.14. The molecule has 0 saturated heterocycles. The molecule has 0 radical (unpaired) electrons. The Morgan fingerprint density at radius 2 is 1.84 bits per heavy atom. The average Bonchev–Trinajstić information content (AvgIpc) is 2.42. The lowest BCUT2D eigenvalue weighted by atomic mass is 10.0. The Balaban J connectivity index is 2.37. The number of benzene rings is 2. The molecule has 0 bridgehead atoms. The number of ether oxygens (including phenoxy) is 1. The Hall–Kier alpha value is -1.06. The van der Waals surface area contributed by atoms with E-state index in [0.29, 0.717) is 10.6 Å². The molecule has 0 fully saturated rings. The van der Waals surface area contributed by atoms with E-state index in [4.69, 9.17) is 16.3 Å². The topological polar surface area (TPSA) is 9.23 Å². The molecule has 2 aromatic rings. The fraction of sp³-hybridized carbons (Fsp3) is 0.200. The molecule has 100 valence electrons. The number of methoxy groups -OCH3 is 1. The van der Waals surface area contributed by atoms with Gasteiger partial charge in [0.25, 0.3) is 0 Å². The van der Waals surface area contributed by atoms with Crippen LogP contribution in [0.5, 0.6) is 5.75 Å². The zero-order chi connectivity index (χ0) is 14.0. The number of hydrogen-bond acceptors (Lipinski definition) is 1. The smallest absolute Gasteiger partial charge is 0.127 e. The summed E-state index contributed by atoms with van der Waals surface area (Å²) >= 11 is 9.71. The van der Waals surface area contributed by atoms with Crippen LogP contribution in [0.2, 0.25) is 5.02 Å². The molecule has 2 rings (SSSR count). The Labute approximate surface area is 125 Å². The van der Waals surface area contributed by atoms with Crippen LogP contribution < -0.4 is 4.74 Å². The largest absolute Gasteiger partial charge is 0.497 e. The zero-order valence-corrected chi connectivity index (χ0v) is 12.9. The van der Waals surface area contributed by atoms with Crippen molar-refractivity contribution in [3.8, 4) is 5.75 Å². The van der Waals surface area contributed by atoms with Gasteiger partial charge in [-0.25, -0.2) is 4.39 Å². The molecule has 1 nitrogen and oxygen atoms in total. The SMILES string of the molecule is COc1ccc(C(Br)c2cc(C)c(F)cc2Cl)cc1. The Bertz CT molecular complexity index is 583. The van der Waals surface area contributed by atoms with Crippen molar-refractivity contribution < 1.29 is 9.13 Å². The lowest BCUT2D eigenvalue weighted by molar-refractivity contribution is 0.414. The number of rotatable bonds is 3. The zero-order valence-electron chi connectivity index (χ0n) is 10.6. The van der Waals surface area contributed by atoms with Crippen molar-refractivity contribution in [2.24, 2.45) is 0 Å². The summed E-state index contributed by atoms with van der Waals surface area (Å²) in [6, 6.07) is 10.8. The molecule has 0 amide bonds. The Kier molecular flexibility index (Phi) is 4.48. The van der Waals surface area contributed by atoms with Crippen molar-refractivity contribution in [1.29, 1.82) is 0 Å². The van der Waals surface area contributed by atoms with Crippen LogP contribution in [0.4, 0.5) is 4.39 Å². The molecule has 0 saturated carbocycles. The average molecular weight is 344 g/mol. The minimum absolute atomic E-state index is 0.0785. The molecule has 1 unspecified atom stereocenters. The summed E-state index contributed by atoms with van der Waals surface area (Å²) in [4.78, 5) is -0.0785. The first kappa shape index (κ1) is 14.4. The van der Waals surface area contributed by atoms with Crippen molar-refractivity contribution in [2.45, 2.75) is 11.8 Å². The summed E-state index contributed by atoms with van der Waals surface area (Å²) in [5.41, 5.74) is 2.47. The predicted molar refractivity (Wildman–Crippen MR) is 79.9 cm³/mol. The van der Waals surface area contributed by atoms with Crippen LogP contribution in [0.3, 0.4) is 0 Å². The third-order valence-corrected chi connectivity index (χ3v) is 4.31. The number of halogens is 3. The van der Waals surface area contributed by atoms with E-state index in [-0.39, 0.29) is 10.6 Å². The predicted octanol–water partition coefficient (Wildman–Crippen LogP) is 5.28. The van der Waals surface area contributed by atoms with Gasteiger partial charge in [-0.05, 0) is 41.8 Å². The van der Waals surface area contributed by atoms with Gasteiger partial charge < -0.3 is 4.74 Å². The molecule has 19 heavy (non-hydrogen) atoms. The van der Waals surface area contributed by atoms with Gasteiger partial charge in [0.15, 0.2) is 0 Å². The minimum atomic E-state index is -0.289. The van der Waals surface area contributed by atoms with Crippen LogP contribution in [0.25, 0.3) is 0 Å². The normalized spacial score (nSPS) is 12.3. The molecule has 0 aliphatic carbocycles. The van der Waals surface area contributed by atoms with Gasteiger partial charge in [0.1, 0.15) is 11.6 Å². The molecule has 0 aromatic heterocycles. The standard InChI is InChI=1S/C15H13BrClFO/c1-9-7-12(13(17)8-14(9)18)15(16)10-3-5-11(19-2)6-4-10/h3-8,15H,1-2H3. The van der Waals surface area contributed by atoms with Gasteiger partial charge in [0.05, 0.1) is 11.9 Å². The molecule has 0 heterocycles. The highest BCUT2D eigenvalue weighted by Gasteiger charge is 2.15. The Morgan fingerprint density at radius 1 is 1.21 bits per heavy atom. The molecule has 0 spiro atoms. The number of alkyl halides is 1. The van der Waals surface area contributed by atoms with Crippen LogP contribution in [0.1, 0.15) is 21.5 Å². The molecular formula is C15H13BrClFO. The van der Waals surface area contributed by atoms with Crippen LogP contribution in [-0.2, 0) is 0 Å². The minimum Gasteiger partial charge on any atom is -0.497 e. The second-order valence-corrected chi connectivity index (χ2v) is 5.58. The van der Waals surface area contributed by atoms with E-state index in [1.54, 1.807) is 20.1 Å². The summed E-state index contributed by atoms with van der Waals surface area (Å²) in [5.74, 6) is 0.507. The van der Waals surface area contributed by atoms with Crippen LogP contribution >= 0.6 is 27.5 Å². The first-order chi connectivity index (χ1) is 9.02. The van der Waals surface area contributed by atoms with Gasteiger partial charge in [-0.2, -0.15) is 0 Å². The highest BCUT2D eigenvalue weighted by molar-refractivity contribution is 9.09. The van der Waals surface area contributed by atoms with Gasteiger partial charge in [-0.15, -0.1) is 0 Å². The van der Waals surface area contributed by atoms with E-state index in [1.165, 1.54) is 6.07 Å². The maximum Gasteiger partial charge on any atom is 0.127 e. The van der Waals surface area contributed by atoms with Gasteiger partial charge in [0, 0.05) is 5.02 Å². The molecule has 0 N–H and O–H groups in total. The van der Waals surface area contributed by atoms with Crippen molar-refractivity contribution in [3.63, 3.8) is 0 Å². The van der Waals surface area contributed by atoms with E-state index in [0.717, 1.165) is 16.9 Å². The van der Waals surface area contributed by atoms with Gasteiger partial charge in [-0.1, -0.05) is 45.7 Å². The van der Waals surface area contributed by atoms with Crippen LogP contribution in [0, 0.1) is 12.7 Å². The monoisotopic (exact) mass is 342 g/mol. The van der Waals surface area contributed by atoms with Gasteiger partial charge in [0.2, 0.25) is 0 Å². The molecular weight excluding hydrogens is 331 g/mol. The first-order valence-electron chi connectivity index (χ1n) is 5.76. The quantitative estimate of drug-likeness (QED) is 0.689. The van der Waals surface area contributed by atoms with Gasteiger partial charge >= 0.3 is 0 Å². The van der Waals surface area contributed by atoms with E-state index in [9.17, 15) is 4.39 Å². The Morgan fingerprint density at radius 3 is 2.42 bits per heavy atom. The second-order valence-electron chi connectivity index (χ2n) is 4.26. The second kappa shape index (κ2) is 5.93. The van der Waals surface area contributed by atoms with Crippen molar-refractivity contribution in [2.75, 3.05) is 7.11 Å². The highest BCUT2D eigenvalue weighted by Crippen LogP contribution is 2.36. The summed E-state index contributed by atoms with van der Waals surface area (Å²) < 4.78 is 18.5. The van der Waals surface area contributed by atoms with E-state index >= 15 is 0 Å². The lowest BCUT2D eigenvalue weighted by Crippen LogP contribution is -1.96. The number of aryl methyl sites for hydroxylation is 1. The third-order valence-electron chi connectivity index (χ3n) is 2.96. The molecule has 1 atom stereocenters. The highest BCUT2D eigenvalue weighted by atomic mass is 79.9. The molecule has 4 heteroatoms. The summed E-state index contributed by atoms with van der Waals surface area (Å²) in [7, 11) is 1.63. The summed E-state index contributed by atoms with van der Waals surface area (Å²) in [6.45, 7) is 1.73. The maximum absolute atomic E-state index is 13.4. The molecule has 2 aromatic carbocycles. The number of hydrogen-bond donors (Lipinski definition) is 0. The van der Waals surface area contributed by atoms with E-state index in [2.05, 4.69) is 15.9 Å². The van der Waals surface area contributed by atoms with E-state index in [1.807, 2.05) is 24.3 Å². The fourth-order valence-electron chi connectivity index (χ4n) is 1.83. The third kappa shape index (κ3) is 3.10. The first-order valence-corrected chi connectivity index (χ1v) is 7.06.